The van der Waals surface area contributed by atoms with Gasteiger partial charge >= 0.3 is 11.9 Å². The Kier molecular flexibility index (Phi) is 5.62. The van der Waals surface area contributed by atoms with Gasteiger partial charge < -0.3 is 14.2 Å². The predicted octanol–water partition coefficient (Wildman–Crippen LogP) is 4.92. The van der Waals surface area contributed by atoms with Crippen molar-refractivity contribution < 1.29 is 23.8 Å². The Balaban J connectivity index is 1.69. The van der Waals surface area contributed by atoms with Crippen molar-refractivity contribution in [2.24, 2.45) is 0 Å². The molecule has 0 radical (unpaired) electrons. The molecule has 4 rings (SSSR count). The average molecular weight is 413 g/mol. The zero-order chi connectivity index (χ0) is 21.8. The minimum atomic E-state index is -0.515. The fraction of sp³-hybridized carbons (Fsp3) is 0.0800. The number of nitrogens with zero attached hydrogens (tertiary/aromatic N) is 1. The molecule has 0 aliphatic carbocycles. The zero-order valence-electron chi connectivity index (χ0n) is 17.0. The monoisotopic (exact) mass is 413 g/mol. The van der Waals surface area contributed by atoms with Crippen molar-refractivity contribution >= 4 is 22.8 Å². The molecule has 3 aromatic carbocycles. The van der Waals surface area contributed by atoms with Gasteiger partial charge in [-0.15, -0.1) is 0 Å². The third-order valence-electron chi connectivity index (χ3n) is 4.81. The van der Waals surface area contributed by atoms with Gasteiger partial charge in [-0.05, 0) is 60.7 Å². The molecule has 6 heteroatoms. The van der Waals surface area contributed by atoms with E-state index in [9.17, 15) is 9.59 Å². The van der Waals surface area contributed by atoms with Gasteiger partial charge in [0.2, 0.25) is 0 Å². The Bertz CT molecular complexity index is 1250. The molecule has 0 saturated carbocycles. The number of para-hydroxylation sites is 1. The second-order valence-corrected chi connectivity index (χ2v) is 6.71. The Morgan fingerprint density at radius 2 is 1.45 bits per heavy atom. The second kappa shape index (κ2) is 8.67. The number of pyridine rings is 1. The third kappa shape index (κ3) is 4.23. The predicted molar refractivity (Wildman–Crippen MR) is 116 cm³/mol. The number of benzene rings is 3. The van der Waals surface area contributed by atoms with E-state index in [1.165, 1.54) is 7.11 Å². The first-order valence-electron chi connectivity index (χ1n) is 9.54. The van der Waals surface area contributed by atoms with Gasteiger partial charge in [-0.25, -0.2) is 14.6 Å². The van der Waals surface area contributed by atoms with Gasteiger partial charge in [0.1, 0.15) is 11.5 Å². The lowest BCUT2D eigenvalue weighted by Gasteiger charge is -2.10. The maximum atomic E-state index is 13.0. The first-order valence-corrected chi connectivity index (χ1v) is 9.54. The summed E-state index contributed by atoms with van der Waals surface area (Å²) in [6.07, 6.45) is 0. The highest BCUT2D eigenvalue weighted by Crippen LogP contribution is 2.27. The summed E-state index contributed by atoms with van der Waals surface area (Å²) in [6, 6.07) is 22.8. The van der Waals surface area contributed by atoms with Crippen LogP contribution in [-0.2, 0) is 4.74 Å². The lowest BCUT2D eigenvalue weighted by atomic mass is 10.0. The molecular weight excluding hydrogens is 394 g/mol. The third-order valence-corrected chi connectivity index (χ3v) is 4.81. The molecular formula is C25H19NO5. The molecule has 0 amide bonds. The van der Waals surface area contributed by atoms with Gasteiger partial charge in [0, 0.05) is 10.9 Å². The first-order chi connectivity index (χ1) is 15.1. The number of esters is 2. The molecule has 1 aromatic heterocycles. The Morgan fingerprint density at radius 3 is 2.13 bits per heavy atom. The van der Waals surface area contributed by atoms with Gasteiger partial charge in [-0.1, -0.05) is 18.2 Å². The number of aromatic nitrogens is 1. The van der Waals surface area contributed by atoms with Crippen LogP contribution in [0.1, 0.15) is 20.7 Å². The molecule has 6 nitrogen and oxygen atoms in total. The molecule has 0 bridgehead atoms. The highest BCUT2D eigenvalue weighted by atomic mass is 16.5. The number of hydrogen-bond donors (Lipinski definition) is 0. The fourth-order valence-electron chi connectivity index (χ4n) is 3.19. The number of carbonyl (C=O) groups excluding carboxylic acids is 2. The lowest BCUT2D eigenvalue weighted by molar-refractivity contribution is 0.0600. The molecule has 0 spiro atoms. The minimum Gasteiger partial charge on any atom is -0.497 e. The smallest absolute Gasteiger partial charge is 0.344 e. The van der Waals surface area contributed by atoms with Crippen LogP contribution in [0, 0.1) is 0 Å². The van der Waals surface area contributed by atoms with Crippen LogP contribution in [0.15, 0.2) is 78.9 Å². The maximum Gasteiger partial charge on any atom is 0.344 e. The number of ether oxygens (including phenoxy) is 3. The molecule has 0 aliphatic rings. The van der Waals surface area contributed by atoms with Crippen LogP contribution < -0.4 is 9.47 Å². The number of hydrogen-bond acceptors (Lipinski definition) is 6. The first kappa shape index (κ1) is 20.1. The van der Waals surface area contributed by atoms with E-state index in [1.54, 1.807) is 37.4 Å². The second-order valence-electron chi connectivity index (χ2n) is 6.71. The molecule has 4 aromatic rings. The van der Waals surface area contributed by atoms with E-state index in [-0.39, 0.29) is 0 Å². The van der Waals surface area contributed by atoms with E-state index in [1.807, 2.05) is 48.5 Å². The molecule has 0 atom stereocenters. The summed E-state index contributed by atoms with van der Waals surface area (Å²) in [5, 5.41) is 0.691. The standard InChI is InChI=1S/C25H19NO5/c1-29-18-11-7-16(8-12-18)23-15-21(20-5-3-4-6-22(20)26-23)25(28)31-19-13-9-17(10-14-19)24(27)30-2/h3-15H,1-2H3. The summed E-state index contributed by atoms with van der Waals surface area (Å²) in [7, 11) is 2.92. The minimum absolute atomic E-state index is 0.324. The SMILES string of the molecule is COC(=O)c1ccc(OC(=O)c2cc(-c3ccc(OC)cc3)nc3ccccc23)cc1. The molecule has 0 saturated heterocycles. The van der Waals surface area contributed by atoms with E-state index in [4.69, 9.17) is 14.5 Å². The van der Waals surface area contributed by atoms with Gasteiger partial charge in [-0.3, -0.25) is 0 Å². The van der Waals surface area contributed by atoms with Crippen LogP contribution in [0.4, 0.5) is 0 Å². The van der Waals surface area contributed by atoms with Crippen molar-refractivity contribution in [2.75, 3.05) is 14.2 Å². The Hall–Kier alpha value is -4.19. The maximum absolute atomic E-state index is 13.0. The van der Waals surface area contributed by atoms with E-state index in [0.717, 1.165) is 11.3 Å². The van der Waals surface area contributed by atoms with Crippen molar-refractivity contribution in [2.45, 2.75) is 0 Å². The largest absolute Gasteiger partial charge is 0.497 e. The van der Waals surface area contributed by atoms with E-state index < -0.39 is 11.9 Å². The van der Waals surface area contributed by atoms with Crippen molar-refractivity contribution in [3.63, 3.8) is 0 Å². The van der Waals surface area contributed by atoms with Crippen LogP contribution in [0.5, 0.6) is 11.5 Å². The molecule has 0 unspecified atom stereocenters. The van der Waals surface area contributed by atoms with E-state index in [2.05, 4.69) is 4.74 Å². The summed E-state index contributed by atoms with van der Waals surface area (Å²) < 4.78 is 15.5. The molecule has 0 aliphatic heterocycles. The van der Waals surface area contributed by atoms with Gasteiger partial charge in [-0.2, -0.15) is 0 Å². The highest BCUT2D eigenvalue weighted by Gasteiger charge is 2.16. The van der Waals surface area contributed by atoms with Crippen molar-refractivity contribution in [3.05, 3.63) is 90.0 Å². The summed E-state index contributed by atoms with van der Waals surface area (Å²) in [5.41, 5.74) is 2.95. The molecule has 31 heavy (non-hydrogen) atoms. The quantitative estimate of drug-likeness (QED) is 0.342. The number of carbonyl (C=O) groups is 2. The molecule has 154 valence electrons. The van der Waals surface area contributed by atoms with Crippen LogP contribution in [0.2, 0.25) is 0 Å². The van der Waals surface area contributed by atoms with Gasteiger partial charge in [0.15, 0.2) is 0 Å². The summed E-state index contributed by atoms with van der Waals surface area (Å²) >= 11 is 0. The summed E-state index contributed by atoms with van der Waals surface area (Å²) in [5.74, 6) is 0.0884. The Morgan fingerprint density at radius 1 is 0.774 bits per heavy atom. The van der Waals surface area contributed by atoms with Crippen molar-refractivity contribution in [1.82, 2.24) is 4.98 Å². The average Bonchev–Trinajstić information content (AvgIpc) is 2.83. The lowest BCUT2D eigenvalue weighted by Crippen LogP contribution is -2.10. The number of fused-ring (bicyclic) bond motifs is 1. The summed E-state index contributed by atoms with van der Waals surface area (Å²) in [6.45, 7) is 0. The highest BCUT2D eigenvalue weighted by molar-refractivity contribution is 6.05. The van der Waals surface area contributed by atoms with Crippen molar-refractivity contribution in [3.8, 4) is 22.8 Å². The van der Waals surface area contributed by atoms with Crippen LogP contribution in [-0.4, -0.2) is 31.1 Å². The topological polar surface area (TPSA) is 74.7 Å². The number of methoxy groups -OCH3 is 2. The fourth-order valence-corrected chi connectivity index (χ4v) is 3.19. The van der Waals surface area contributed by atoms with E-state index in [0.29, 0.717) is 33.5 Å². The number of rotatable bonds is 5. The molecule has 1 heterocycles. The summed E-state index contributed by atoms with van der Waals surface area (Å²) in [4.78, 5) is 29.3. The van der Waals surface area contributed by atoms with Crippen LogP contribution >= 0.6 is 0 Å². The molecule has 0 fully saturated rings. The van der Waals surface area contributed by atoms with E-state index >= 15 is 0 Å². The zero-order valence-corrected chi connectivity index (χ0v) is 17.0. The van der Waals surface area contributed by atoms with Gasteiger partial charge in [0.25, 0.3) is 0 Å². The normalized spacial score (nSPS) is 10.5. The van der Waals surface area contributed by atoms with Crippen LogP contribution in [0.25, 0.3) is 22.2 Å². The van der Waals surface area contributed by atoms with Crippen LogP contribution in [0.3, 0.4) is 0 Å². The van der Waals surface area contributed by atoms with Gasteiger partial charge in [0.05, 0.1) is 36.6 Å². The van der Waals surface area contributed by atoms with Crippen molar-refractivity contribution in [1.29, 1.82) is 0 Å². The Labute approximate surface area is 179 Å². The molecule has 0 N–H and O–H groups in total.